The van der Waals surface area contributed by atoms with Gasteiger partial charge < -0.3 is 10.1 Å². The number of aryl methyl sites for hydroxylation is 2. The van der Waals surface area contributed by atoms with Gasteiger partial charge in [0.15, 0.2) is 6.61 Å². The van der Waals surface area contributed by atoms with E-state index in [1.54, 1.807) is 13.0 Å². The van der Waals surface area contributed by atoms with E-state index in [9.17, 15) is 29.8 Å². The van der Waals surface area contributed by atoms with Gasteiger partial charge in [0.2, 0.25) is 0 Å². The van der Waals surface area contributed by atoms with Gasteiger partial charge in [0, 0.05) is 17.7 Å². The molecule has 0 saturated heterocycles. The molecule has 2 rings (SSSR count). The highest BCUT2D eigenvalue weighted by atomic mass is 16.6. The molecule has 10 heteroatoms. The third-order valence-corrected chi connectivity index (χ3v) is 3.60. The van der Waals surface area contributed by atoms with E-state index in [0.717, 1.165) is 6.07 Å². The predicted octanol–water partition coefficient (Wildman–Crippen LogP) is 2.92. The number of amides is 1. The third-order valence-electron chi connectivity index (χ3n) is 3.60. The molecule has 0 bridgehead atoms. The topological polar surface area (TPSA) is 142 Å². The minimum Gasteiger partial charge on any atom is -0.452 e. The second kappa shape index (κ2) is 8.04. The minimum absolute atomic E-state index is 0.0300. The Morgan fingerprint density at radius 3 is 2.30 bits per heavy atom. The summed E-state index contributed by atoms with van der Waals surface area (Å²) in [6.07, 6.45) is 0. The number of nitrogens with one attached hydrogen (secondary N) is 1. The van der Waals surface area contributed by atoms with Gasteiger partial charge in [-0.2, -0.15) is 0 Å². The van der Waals surface area contributed by atoms with Crippen LogP contribution in [0.15, 0.2) is 36.4 Å². The van der Waals surface area contributed by atoms with E-state index in [1.165, 1.54) is 31.2 Å². The average Bonchev–Trinajstić information content (AvgIpc) is 2.61. The van der Waals surface area contributed by atoms with Gasteiger partial charge in [-0.15, -0.1) is 0 Å². The molecular formula is C17H15N3O7. The predicted molar refractivity (Wildman–Crippen MR) is 94.6 cm³/mol. The fraction of sp³-hybridized carbons (Fsp3) is 0.176. The van der Waals surface area contributed by atoms with Gasteiger partial charge in [-0.25, -0.2) is 4.79 Å². The first-order valence-corrected chi connectivity index (χ1v) is 7.66. The van der Waals surface area contributed by atoms with Gasteiger partial charge in [-0.3, -0.25) is 25.0 Å². The van der Waals surface area contributed by atoms with Crippen LogP contribution in [0.25, 0.3) is 0 Å². The number of anilines is 1. The lowest BCUT2D eigenvalue weighted by Gasteiger charge is -2.08. The van der Waals surface area contributed by atoms with Crippen molar-refractivity contribution in [2.75, 3.05) is 11.9 Å². The molecule has 140 valence electrons. The molecule has 0 aliphatic carbocycles. The Morgan fingerprint density at radius 2 is 1.67 bits per heavy atom. The van der Waals surface area contributed by atoms with Gasteiger partial charge in [0.05, 0.1) is 15.4 Å². The van der Waals surface area contributed by atoms with Crippen LogP contribution in [0.3, 0.4) is 0 Å². The standard InChI is InChI=1S/C17H15N3O7/c1-10-3-6-13(15(7-10)20(25)26)18-16(21)9-27-17(22)12-5-4-11(2)14(8-12)19(23)24/h3-8H,9H2,1-2H3,(H,18,21). The maximum absolute atomic E-state index is 12.0. The molecule has 2 aromatic rings. The van der Waals surface area contributed by atoms with E-state index in [-0.39, 0.29) is 22.6 Å². The number of benzene rings is 2. The zero-order chi connectivity index (χ0) is 20.1. The molecule has 10 nitrogen and oxygen atoms in total. The normalized spacial score (nSPS) is 10.1. The van der Waals surface area contributed by atoms with Crippen molar-refractivity contribution in [1.29, 1.82) is 0 Å². The number of hydrogen-bond donors (Lipinski definition) is 1. The number of hydrogen-bond acceptors (Lipinski definition) is 7. The monoisotopic (exact) mass is 373 g/mol. The summed E-state index contributed by atoms with van der Waals surface area (Å²) < 4.78 is 4.82. The molecule has 0 spiro atoms. The van der Waals surface area contributed by atoms with Gasteiger partial charge in [-0.1, -0.05) is 12.1 Å². The smallest absolute Gasteiger partial charge is 0.338 e. The Morgan fingerprint density at radius 1 is 1.00 bits per heavy atom. The average molecular weight is 373 g/mol. The summed E-state index contributed by atoms with van der Waals surface area (Å²) in [5.74, 6) is -1.71. The summed E-state index contributed by atoms with van der Waals surface area (Å²) in [4.78, 5) is 44.6. The first kappa shape index (κ1) is 19.5. The molecule has 0 unspecified atom stereocenters. The van der Waals surface area contributed by atoms with E-state index in [2.05, 4.69) is 5.32 Å². The zero-order valence-corrected chi connectivity index (χ0v) is 14.4. The maximum atomic E-state index is 12.0. The number of nitro benzene ring substituents is 2. The molecule has 0 saturated carbocycles. The molecule has 1 amide bonds. The fourth-order valence-corrected chi connectivity index (χ4v) is 2.23. The molecule has 0 atom stereocenters. The van der Waals surface area contributed by atoms with Crippen molar-refractivity contribution in [1.82, 2.24) is 0 Å². The lowest BCUT2D eigenvalue weighted by Crippen LogP contribution is -2.21. The summed E-state index contributed by atoms with van der Waals surface area (Å²) in [6.45, 7) is 2.49. The molecule has 2 aromatic carbocycles. The first-order chi connectivity index (χ1) is 12.7. The van der Waals surface area contributed by atoms with Crippen molar-refractivity contribution >= 4 is 28.9 Å². The highest BCUT2D eigenvalue weighted by Crippen LogP contribution is 2.25. The first-order valence-electron chi connectivity index (χ1n) is 7.66. The summed E-state index contributed by atoms with van der Waals surface area (Å²) >= 11 is 0. The van der Waals surface area contributed by atoms with E-state index in [4.69, 9.17) is 4.74 Å². The summed E-state index contributed by atoms with van der Waals surface area (Å²) in [6, 6.07) is 8.04. The number of carbonyl (C=O) groups excluding carboxylic acids is 2. The van der Waals surface area contributed by atoms with Crippen LogP contribution in [0.2, 0.25) is 0 Å². The number of carbonyl (C=O) groups is 2. The minimum atomic E-state index is -0.924. The number of nitro groups is 2. The van der Waals surface area contributed by atoms with Crippen molar-refractivity contribution in [3.8, 4) is 0 Å². The summed E-state index contributed by atoms with van der Waals surface area (Å²) in [5.41, 5.74) is 0.375. The number of ether oxygens (including phenoxy) is 1. The van der Waals surface area contributed by atoms with Gasteiger partial charge in [-0.05, 0) is 31.5 Å². The van der Waals surface area contributed by atoms with Crippen LogP contribution in [0.5, 0.6) is 0 Å². The van der Waals surface area contributed by atoms with Crippen LogP contribution in [0.1, 0.15) is 21.5 Å². The second-order valence-electron chi connectivity index (χ2n) is 5.66. The molecule has 0 aliphatic heterocycles. The van der Waals surface area contributed by atoms with Crippen LogP contribution < -0.4 is 5.32 Å². The lowest BCUT2D eigenvalue weighted by atomic mass is 10.1. The number of esters is 1. The Kier molecular flexibility index (Phi) is 5.81. The number of rotatable bonds is 6. The quantitative estimate of drug-likeness (QED) is 0.466. The summed E-state index contributed by atoms with van der Waals surface area (Å²) in [5, 5.41) is 24.2. The molecule has 0 heterocycles. The van der Waals surface area contributed by atoms with Crippen LogP contribution >= 0.6 is 0 Å². The van der Waals surface area contributed by atoms with Crippen molar-refractivity contribution in [3.05, 3.63) is 73.3 Å². The van der Waals surface area contributed by atoms with Crippen LogP contribution in [0.4, 0.5) is 17.1 Å². The second-order valence-corrected chi connectivity index (χ2v) is 5.66. The van der Waals surface area contributed by atoms with Crippen molar-refractivity contribution in [2.45, 2.75) is 13.8 Å². The summed E-state index contributed by atoms with van der Waals surface area (Å²) in [7, 11) is 0. The highest BCUT2D eigenvalue weighted by molar-refractivity contribution is 5.97. The zero-order valence-electron chi connectivity index (χ0n) is 14.4. The third kappa shape index (κ3) is 4.84. The maximum Gasteiger partial charge on any atom is 0.338 e. The molecule has 1 N–H and O–H groups in total. The largest absolute Gasteiger partial charge is 0.452 e. The van der Waals surface area contributed by atoms with Crippen molar-refractivity contribution in [3.63, 3.8) is 0 Å². The molecular weight excluding hydrogens is 358 g/mol. The molecule has 0 fully saturated rings. The van der Waals surface area contributed by atoms with Gasteiger partial charge in [0.25, 0.3) is 17.3 Å². The Labute approximate surface area is 153 Å². The van der Waals surface area contributed by atoms with E-state index >= 15 is 0 Å². The molecule has 0 radical (unpaired) electrons. The Hall–Kier alpha value is -3.82. The van der Waals surface area contributed by atoms with Crippen molar-refractivity contribution in [2.24, 2.45) is 0 Å². The molecule has 27 heavy (non-hydrogen) atoms. The van der Waals surface area contributed by atoms with Crippen molar-refractivity contribution < 1.29 is 24.2 Å². The highest BCUT2D eigenvalue weighted by Gasteiger charge is 2.19. The van der Waals surface area contributed by atoms with Crippen LogP contribution in [-0.2, 0) is 9.53 Å². The van der Waals surface area contributed by atoms with E-state index in [0.29, 0.717) is 11.1 Å². The van der Waals surface area contributed by atoms with Gasteiger partial charge in [0.1, 0.15) is 5.69 Å². The van der Waals surface area contributed by atoms with Crippen LogP contribution in [-0.4, -0.2) is 28.3 Å². The van der Waals surface area contributed by atoms with Gasteiger partial charge >= 0.3 is 5.97 Å². The SMILES string of the molecule is Cc1ccc(NC(=O)COC(=O)c2ccc(C)c([N+](=O)[O-])c2)c([N+](=O)[O-])c1. The van der Waals surface area contributed by atoms with E-state index < -0.39 is 28.3 Å². The lowest BCUT2D eigenvalue weighted by molar-refractivity contribution is -0.385. The molecule has 0 aliphatic rings. The Balaban J connectivity index is 2.04. The van der Waals surface area contributed by atoms with Crippen LogP contribution in [0, 0.1) is 34.1 Å². The fourth-order valence-electron chi connectivity index (χ4n) is 2.23. The molecule has 0 aromatic heterocycles. The number of nitrogens with zero attached hydrogens (tertiary/aromatic N) is 2. The Bertz CT molecular complexity index is 940. The van der Waals surface area contributed by atoms with E-state index in [1.807, 2.05) is 0 Å².